The zero-order chi connectivity index (χ0) is 10.7. The molecule has 2 heteroatoms. The Balaban J connectivity index is 1.89. The normalized spacial score (nSPS) is 39.2. The summed E-state index contributed by atoms with van der Waals surface area (Å²) in [5.74, 6) is 0.663. The van der Waals surface area contributed by atoms with Gasteiger partial charge in [-0.3, -0.25) is 0 Å². The first-order valence-corrected chi connectivity index (χ1v) is 6.60. The minimum Gasteiger partial charge on any atom is -0.349 e. The summed E-state index contributed by atoms with van der Waals surface area (Å²) in [7, 11) is 0. The first-order chi connectivity index (χ1) is 7.29. The third-order valence-corrected chi connectivity index (χ3v) is 3.78. The molecule has 0 aromatic carbocycles. The molecular formula is C13H24O2. The van der Waals surface area contributed by atoms with Crippen LogP contribution in [0.5, 0.6) is 0 Å². The van der Waals surface area contributed by atoms with Crippen molar-refractivity contribution in [3.8, 4) is 0 Å². The molecular weight excluding hydrogens is 188 g/mol. The lowest BCUT2D eigenvalue weighted by molar-refractivity contribution is -0.263. The van der Waals surface area contributed by atoms with Gasteiger partial charge in [-0.05, 0) is 32.6 Å². The highest BCUT2D eigenvalue weighted by Crippen LogP contribution is 2.33. The van der Waals surface area contributed by atoms with Crippen LogP contribution in [0.4, 0.5) is 0 Å². The number of hydrogen-bond donors (Lipinski definition) is 0. The average Bonchev–Trinajstić information content (AvgIpc) is 2.29. The van der Waals surface area contributed by atoms with Crippen molar-refractivity contribution in [2.45, 2.75) is 77.3 Å². The predicted octanol–water partition coefficient (Wildman–Crippen LogP) is 3.50. The van der Waals surface area contributed by atoms with Crippen LogP contribution in [0.2, 0.25) is 0 Å². The van der Waals surface area contributed by atoms with Gasteiger partial charge < -0.3 is 9.47 Å². The fourth-order valence-corrected chi connectivity index (χ4v) is 2.82. The second kappa shape index (κ2) is 5.31. The van der Waals surface area contributed by atoms with E-state index in [0.29, 0.717) is 18.1 Å². The average molecular weight is 212 g/mol. The Bertz CT molecular complexity index is 187. The Labute approximate surface area is 93.3 Å². The number of rotatable bonds is 2. The van der Waals surface area contributed by atoms with Gasteiger partial charge in [-0.1, -0.05) is 26.2 Å². The summed E-state index contributed by atoms with van der Waals surface area (Å²) in [5.41, 5.74) is 0. The van der Waals surface area contributed by atoms with Gasteiger partial charge in [0.2, 0.25) is 0 Å². The summed E-state index contributed by atoms with van der Waals surface area (Å²) in [6.45, 7) is 4.39. The SMILES string of the molecule is CCC1CC(C)OC(C2CCCCC2)O1. The highest BCUT2D eigenvalue weighted by molar-refractivity contribution is 4.75. The molecule has 0 radical (unpaired) electrons. The van der Waals surface area contributed by atoms with Gasteiger partial charge >= 0.3 is 0 Å². The second-order valence-corrected chi connectivity index (χ2v) is 5.12. The molecule has 2 nitrogen and oxygen atoms in total. The van der Waals surface area contributed by atoms with Gasteiger partial charge in [0.05, 0.1) is 12.2 Å². The maximum atomic E-state index is 6.02. The van der Waals surface area contributed by atoms with Crippen molar-refractivity contribution in [2.75, 3.05) is 0 Å². The molecule has 0 spiro atoms. The standard InChI is InChI=1S/C13H24O2/c1-3-12-9-10(2)14-13(15-12)11-7-5-4-6-8-11/h10-13H,3-9H2,1-2H3. The number of hydrogen-bond acceptors (Lipinski definition) is 2. The number of ether oxygens (including phenoxy) is 2. The van der Waals surface area contributed by atoms with Gasteiger partial charge in [0.15, 0.2) is 6.29 Å². The lowest BCUT2D eigenvalue weighted by atomic mass is 9.88. The maximum absolute atomic E-state index is 6.02. The van der Waals surface area contributed by atoms with Crippen LogP contribution in [0.15, 0.2) is 0 Å². The first kappa shape index (κ1) is 11.4. The molecule has 0 aromatic rings. The van der Waals surface area contributed by atoms with Crippen LogP contribution in [0, 0.1) is 5.92 Å². The van der Waals surface area contributed by atoms with E-state index in [1.165, 1.54) is 32.1 Å². The van der Waals surface area contributed by atoms with Crippen molar-refractivity contribution in [2.24, 2.45) is 5.92 Å². The van der Waals surface area contributed by atoms with E-state index in [0.717, 1.165) is 12.8 Å². The van der Waals surface area contributed by atoms with Crippen molar-refractivity contribution in [1.82, 2.24) is 0 Å². The summed E-state index contributed by atoms with van der Waals surface area (Å²) >= 11 is 0. The molecule has 88 valence electrons. The molecule has 2 aliphatic rings. The molecule has 1 aliphatic heterocycles. The molecule has 3 atom stereocenters. The zero-order valence-electron chi connectivity index (χ0n) is 10.1. The van der Waals surface area contributed by atoms with Gasteiger partial charge in [-0.25, -0.2) is 0 Å². The van der Waals surface area contributed by atoms with Crippen LogP contribution < -0.4 is 0 Å². The molecule has 1 heterocycles. The fraction of sp³-hybridized carbons (Fsp3) is 1.00. The zero-order valence-corrected chi connectivity index (χ0v) is 10.1. The fourth-order valence-electron chi connectivity index (χ4n) is 2.82. The molecule has 15 heavy (non-hydrogen) atoms. The van der Waals surface area contributed by atoms with Crippen molar-refractivity contribution < 1.29 is 9.47 Å². The second-order valence-electron chi connectivity index (χ2n) is 5.12. The van der Waals surface area contributed by atoms with Crippen LogP contribution in [-0.4, -0.2) is 18.5 Å². The van der Waals surface area contributed by atoms with Gasteiger partial charge in [-0.15, -0.1) is 0 Å². The van der Waals surface area contributed by atoms with E-state index in [1.807, 2.05) is 0 Å². The summed E-state index contributed by atoms with van der Waals surface area (Å²) in [6.07, 6.45) is 9.82. The Morgan fingerprint density at radius 3 is 2.47 bits per heavy atom. The minimum atomic E-state index is 0.0963. The molecule has 0 N–H and O–H groups in total. The highest BCUT2D eigenvalue weighted by atomic mass is 16.7. The van der Waals surface area contributed by atoms with Crippen LogP contribution in [-0.2, 0) is 9.47 Å². The van der Waals surface area contributed by atoms with E-state index >= 15 is 0 Å². The molecule has 0 amide bonds. The lowest BCUT2D eigenvalue weighted by Crippen LogP contribution is -2.41. The van der Waals surface area contributed by atoms with Gasteiger partial charge in [0, 0.05) is 5.92 Å². The van der Waals surface area contributed by atoms with E-state index < -0.39 is 0 Å². The molecule has 3 unspecified atom stereocenters. The summed E-state index contributed by atoms with van der Waals surface area (Å²) in [4.78, 5) is 0. The summed E-state index contributed by atoms with van der Waals surface area (Å²) in [5, 5.41) is 0. The van der Waals surface area contributed by atoms with Gasteiger partial charge in [0.25, 0.3) is 0 Å². The smallest absolute Gasteiger partial charge is 0.161 e. The molecule has 2 fully saturated rings. The van der Waals surface area contributed by atoms with Crippen LogP contribution in [0.1, 0.15) is 58.8 Å². The molecule has 1 saturated heterocycles. The van der Waals surface area contributed by atoms with Gasteiger partial charge in [-0.2, -0.15) is 0 Å². The molecule has 1 saturated carbocycles. The highest BCUT2D eigenvalue weighted by Gasteiger charge is 2.32. The Hall–Kier alpha value is -0.0800. The molecule has 1 aliphatic carbocycles. The van der Waals surface area contributed by atoms with Crippen LogP contribution in [0.25, 0.3) is 0 Å². The molecule has 0 bridgehead atoms. The largest absolute Gasteiger partial charge is 0.349 e. The Kier molecular flexibility index (Phi) is 4.04. The van der Waals surface area contributed by atoms with Gasteiger partial charge in [0.1, 0.15) is 0 Å². The van der Waals surface area contributed by atoms with E-state index in [1.54, 1.807) is 0 Å². The van der Waals surface area contributed by atoms with Crippen LogP contribution in [0.3, 0.4) is 0 Å². The first-order valence-electron chi connectivity index (χ1n) is 6.60. The third-order valence-electron chi connectivity index (χ3n) is 3.78. The maximum Gasteiger partial charge on any atom is 0.161 e. The van der Waals surface area contributed by atoms with Crippen molar-refractivity contribution in [3.63, 3.8) is 0 Å². The monoisotopic (exact) mass is 212 g/mol. The molecule has 0 aromatic heterocycles. The van der Waals surface area contributed by atoms with E-state index in [-0.39, 0.29) is 6.29 Å². The van der Waals surface area contributed by atoms with Crippen molar-refractivity contribution in [1.29, 1.82) is 0 Å². The van der Waals surface area contributed by atoms with Crippen molar-refractivity contribution >= 4 is 0 Å². The summed E-state index contributed by atoms with van der Waals surface area (Å²) < 4.78 is 12.0. The van der Waals surface area contributed by atoms with E-state index in [4.69, 9.17) is 9.47 Å². The van der Waals surface area contributed by atoms with E-state index in [9.17, 15) is 0 Å². The summed E-state index contributed by atoms with van der Waals surface area (Å²) in [6, 6.07) is 0. The quantitative estimate of drug-likeness (QED) is 0.697. The topological polar surface area (TPSA) is 18.5 Å². The Morgan fingerprint density at radius 2 is 1.80 bits per heavy atom. The van der Waals surface area contributed by atoms with Crippen LogP contribution >= 0.6 is 0 Å². The molecule has 2 rings (SSSR count). The minimum absolute atomic E-state index is 0.0963. The lowest BCUT2D eigenvalue weighted by Gasteiger charge is -2.39. The predicted molar refractivity (Wildman–Crippen MR) is 60.7 cm³/mol. The van der Waals surface area contributed by atoms with Crippen molar-refractivity contribution in [3.05, 3.63) is 0 Å². The van der Waals surface area contributed by atoms with E-state index in [2.05, 4.69) is 13.8 Å². The third kappa shape index (κ3) is 2.94. The Morgan fingerprint density at radius 1 is 1.07 bits per heavy atom.